The van der Waals surface area contributed by atoms with Crippen LogP contribution in [0.3, 0.4) is 0 Å². The van der Waals surface area contributed by atoms with Crippen molar-refractivity contribution in [3.63, 3.8) is 0 Å². The minimum absolute atomic E-state index is 0.00291. The molecule has 2 rings (SSSR count). The number of hydrogen-bond acceptors (Lipinski definition) is 2. The number of aryl methyl sites for hydroxylation is 1. The molecule has 0 N–H and O–H groups in total. The van der Waals surface area contributed by atoms with Gasteiger partial charge in [-0.25, -0.2) is 4.98 Å². The predicted octanol–water partition coefficient (Wildman–Crippen LogP) is 2.87. The summed E-state index contributed by atoms with van der Waals surface area (Å²) in [5.41, 5.74) is 1.02. The number of rotatable bonds is 5. The summed E-state index contributed by atoms with van der Waals surface area (Å²) < 4.78 is 1.93. The normalized spacial score (nSPS) is 11.2. The molecule has 0 saturated carbocycles. The van der Waals surface area contributed by atoms with Crippen molar-refractivity contribution in [3.8, 4) is 0 Å². The fraction of sp³-hybridized carbons (Fsp3) is 0.294. The Bertz CT molecular complexity index is 614. The molecule has 0 bridgehead atoms. The second-order valence-corrected chi connectivity index (χ2v) is 5.26. The second kappa shape index (κ2) is 6.88. The molecular formula is C17H21N3O. The van der Waals surface area contributed by atoms with Crippen LogP contribution in [-0.4, -0.2) is 26.4 Å². The number of carbonyl (C=O) groups excluding carboxylic acids is 1. The van der Waals surface area contributed by atoms with E-state index in [1.54, 1.807) is 12.3 Å². The first kappa shape index (κ1) is 15.0. The molecule has 4 heteroatoms. The Balaban J connectivity index is 2.09. The summed E-state index contributed by atoms with van der Waals surface area (Å²) in [4.78, 5) is 18.5. The van der Waals surface area contributed by atoms with Crippen molar-refractivity contribution < 1.29 is 4.79 Å². The minimum atomic E-state index is -0.00291. The zero-order chi connectivity index (χ0) is 15.2. The van der Waals surface area contributed by atoms with Crippen LogP contribution in [0.15, 0.2) is 48.8 Å². The van der Waals surface area contributed by atoms with Crippen molar-refractivity contribution in [2.45, 2.75) is 26.4 Å². The lowest BCUT2D eigenvalue weighted by Gasteiger charge is -2.25. The van der Waals surface area contributed by atoms with Gasteiger partial charge in [-0.05, 0) is 25.5 Å². The number of carbonyl (C=O) groups is 1. The van der Waals surface area contributed by atoms with Crippen LogP contribution in [-0.2, 0) is 18.4 Å². The van der Waals surface area contributed by atoms with Crippen molar-refractivity contribution in [2.24, 2.45) is 7.05 Å². The average molecular weight is 283 g/mol. The van der Waals surface area contributed by atoms with Gasteiger partial charge in [-0.3, -0.25) is 4.79 Å². The Kier molecular flexibility index (Phi) is 4.93. The third kappa shape index (κ3) is 4.05. The van der Waals surface area contributed by atoms with Gasteiger partial charge in [-0.1, -0.05) is 30.3 Å². The molecule has 0 unspecified atom stereocenters. The van der Waals surface area contributed by atoms with Gasteiger partial charge in [0.2, 0.25) is 5.91 Å². The van der Waals surface area contributed by atoms with Crippen LogP contribution in [0.2, 0.25) is 0 Å². The molecule has 1 aromatic heterocycles. The molecule has 0 atom stereocenters. The van der Waals surface area contributed by atoms with E-state index in [-0.39, 0.29) is 11.9 Å². The van der Waals surface area contributed by atoms with Gasteiger partial charge in [0.1, 0.15) is 5.82 Å². The lowest BCUT2D eigenvalue weighted by Crippen LogP contribution is -2.36. The number of aromatic nitrogens is 2. The number of hydrogen-bond donors (Lipinski definition) is 0. The SMILES string of the molecule is CC(C)N(Cc1nccn1C)C(=O)C=Cc1ccccc1. The average Bonchev–Trinajstić information content (AvgIpc) is 2.88. The van der Waals surface area contributed by atoms with E-state index in [1.807, 2.05) is 73.0 Å². The molecule has 0 fully saturated rings. The summed E-state index contributed by atoms with van der Waals surface area (Å²) in [6.45, 7) is 4.54. The molecule has 21 heavy (non-hydrogen) atoms. The highest BCUT2D eigenvalue weighted by Gasteiger charge is 2.16. The third-order valence-electron chi connectivity index (χ3n) is 3.36. The Morgan fingerprint density at radius 2 is 2.05 bits per heavy atom. The summed E-state index contributed by atoms with van der Waals surface area (Å²) in [6, 6.07) is 9.94. The van der Waals surface area contributed by atoms with Gasteiger partial charge < -0.3 is 9.47 Å². The molecule has 0 aliphatic heterocycles. The van der Waals surface area contributed by atoms with E-state index < -0.39 is 0 Å². The first-order valence-corrected chi connectivity index (χ1v) is 7.08. The molecule has 0 aliphatic rings. The molecule has 1 amide bonds. The molecule has 4 nitrogen and oxygen atoms in total. The highest BCUT2D eigenvalue weighted by atomic mass is 16.2. The predicted molar refractivity (Wildman–Crippen MR) is 84.4 cm³/mol. The van der Waals surface area contributed by atoms with Crippen LogP contribution < -0.4 is 0 Å². The fourth-order valence-electron chi connectivity index (χ4n) is 2.04. The van der Waals surface area contributed by atoms with E-state index in [1.165, 1.54) is 0 Å². The lowest BCUT2D eigenvalue weighted by atomic mass is 10.2. The molecule has 0 radical (unpaired) electrons. The molecule has 2 aromatic rings. The van der Waals surface area contributed by atoms with Gasteiger partial charge in [0.25, 0.3) is 0 Å². The molecule has 110 valence electrons. The van der Waals surface area contributed by atoms with Gasteiger partial charge in [0, 0.05) is 31.6 Å². The molecular weight excluding hydrogens is 262 g/mol. The standard InChI is InChI=1S/C17H21N3O/c1-14(2)20(13-16-18-11-12-19(16)3)17(21)10-9-15-7-5-4-6-8-15/h4-12,14H,13H2,1-3H3. The number of amides is 1. The van der Waals surface area contributed by atoms with E-state index >= 15 is 0 Å². The van der Waals surface area contributed by atoms with Crippen LogP contribution >= 0.6 is 0 Å². The van der Waals surface area contributed by atoms with Gasteiger partial charge in [-0.2, -0.15) is 0 Å². The first-order valence-electron chi connectivity index (χ1n) is 7.08. The van der Waals surface area contributed by atoms with Crippen LogP contribution in [0.1, 0.15) is 25.2 Å². The minimum Gasteiger partial charge on any atom is -0.337 e. The maximum atomic E-state index is 12.4. The third-order valence-corrected chi connectivity index (χ3v) is 3.36. The molecule has 1 aromatic carbocycles. The Labute approximate surface area is 125 Å². The summed E-state index contributed by atoms with van der Waals surface area (Å²) >= 11 is 0. The van der Waals surface area contributed by atoms with Crippen molar-refractivity contribution in [1.29, 1.82) is 0 Å². The van der Waals surface area contributed by atoms with E-state index in [2.05, 4.69) is 4.98 Å². The highest BCUT2D eigenvalue weighted by Crippen LogP contribution is 2.09. The molecule has 0 saturated heterocycles. The monoisotopic (exact) mass is 283 g/mol. The van der Waals surface area contributed by atoms with Gasteiger partial charge in [-0.15, -0.1) is 0 Å². The Morgan fingerprint density at radius 1 is 1.33 bits per heavy atom. The maximum Gasteiger partial charge on any atom is 0.247 e. The van der Waals surface area contributed by atoms with Crippen molar-refractivity contribution in [2.75, 3.05) is 0 Å². The lowest BCUT2D eigenvalue weighted by molar-refractivity contribution is -0.128. The van der Waals surface area contributed by atoms with Crippen molar-refractivity contribution in [1.82, 2.24) is 14.5 Å². The summed E-state index contributed by atoms with van der Waals surface area (Å²) in [6.07, 6.45) is 7.10. The first-order chi connectivity index (χ1) is 10.1. The number of benzene rings is 1. The second-order valence-electron chi connectivity index (χ2n) is 5.26. The van der Waals surface area contributed by atoms with E-state index in [0.29, 0.717) is 6.54 Å². The van der Waals surface area contributed by atoms with Crippen LogP contribution in [0.25, 0.3) is 6.08 Å². The van der Waals surface area contributed by atoms with E-state index in [9.17, 15) is 4.79 Å². The van der Waals surface area contributed by atoms with Gasteiger partial charge in [0.15, 0.2) is 0 Å². The molecule has 0 aliphatic carbocycles. The number of nitrogens with zero attached hydrogens (tertiary/aromatic N) is 3. The topological polar surface area (TPSA) is 38.1 Å². The van der Waals surface area contributed by atoms with Crippen LogP contribution in [0, 0.1) is 0 Å². The van der Waals surface area contributed by atoms with Crippen molar-refractivity contribution >= 4 is 12.0 Å². The summed E-state index contributed by atoms with van der Waals surface area (Å²) in [5.74, 6) is 0.877. The van der Waals surface area contributed by atoms with Crippen molar-refractivity contribution in [3.05, 3.63) is 60.2 Å². The molecule has 1 heterocycles. The number of imidazole rings is 1. The Hall–Kier alpha value is -2.36. The van der Waals surface area contributed by atoms with E-state index in [0.717, 1.165) is 11.4 Å². The van der Waals surface area contributed by atoms with Crippen LogP contribution in [0.5, 0.6) is 0 Å². The Morgan fingerprint density at radius 3 is 2.62 bits per heavy atom. The fourth-order valence-corrected chi connectivity index (χ4v) is 2.04. The van der Waals surface area contributed by atoms with Gasteiger partial charge >= 0.3 is 0 Å². The maximum absolute atomic E-state index is 12.4. The zero-order valence-corrected chi connectivity index (χ0v) is 12.7. The highest BCUT2D eigenvalue weighted by molar-refractivity contribution is 5.91. The largest absolute Gasteiger partial charge is 0.337 e. The quantitative estimate of drug-likeness (QED) is 0.791. The smallest absolute Gasteiger partial charge is 0.247 e. The van der Waals surface area contributed by atoms with E-state index in [4.69, 9.17) is 0 Å². The van der Waals surface area contributed by atoms with Crippen LogP contribution in [0.4, 0.5) is 0 Å². The van der Waals surface area contributed by atoms with Gasteiger partial charge in [0.05, 0.1) is 6.54 Å². The molecule has 0 spiro atoms. The summed E-state index contributed by atoms with van der Waals surface area (Å²) in [5, 5.41) is 0. The zero-order valence-electron chi connectivity index (χ0n) is 12.7. The summed E-state index contributed by atoms with van der Waals surface area (Å²) in [7, 11) is 1.94.